The van der Waals surface area contributed by atoms with Crippen molar-refractivity contribution < 1.29 is 13.2 Å². The van der Waals surface area contributed by atoms with Crippen LogP contribution in [0.5, 0.6) is 0 Å². The van der Waals surface area contributed by atoms with E-state index in [1.165, 1.54) is 4.68 Å². The van der Waals surface area contributed by atoms with Gasteiger partial charge in [0.25, 0.3) is 0 Å². The number of anilines is 1. The summed E-state index contributed by atoms with van der Waals surface area (Å²) in [5.41, 5.74) is 0.332. The fourth-order valence-corrected chi connectivity index (χ4v) is 2.02. The zero-order chi connectivity index (χ0) is 15.8. The fourth-order valence-electron chi connectivity index (χ4n) is 1.77. The van der Waals surface area contributed by atoms with E-state index in [1.807, 2.05) is 0 Å². The van der Waals surface area contributed by atoms with Crippen LogP contribution in [-0.4, -0.2) is 26.3 Å². The van der Waals surface area contributed by atoms with Crippen molar-refractivity contribution in [3.05, 3.63) is 27.6 Å². The van der Waals surface area contributed by atoms with Gasteiger partial charge in [0.05, 0.1) is 15.9 Å². The molecule has 2 heterocycles. The first-order chi connectivity index (χ1) is 9.74. The second-order valence-electron chi connectivity index (χ2n) is 4.36. The van der Waals surface area contributed by atoms with Gasteiger partial charge in [0.15, 0.2) is 11.5 Å². The van der Waals surface area contributed by atoms with Gasteiger partial charge in [-0.2, -0.15) is 23.3 Å². The molecule has 0 unspecified atom stereocenters. The summed E-state index contributed by atoms with van der Waals surface area (Å²) in [6, 6.07) is 0.882. The highest BCUT2D eigenvalue weighted by molar-refractivity contribution is 9.10. The molecule has 2 aromatic heterocycles. The lowest BCUT2D eigenvalue weighted by Crippen LogP contribution is -2.15. The Morgan fingerprint density at radius 1 is 1.29 bits per heavy atom. The molecule has 0 spiro atoms. The monoisotopic (exact) mass is 363 g/mol. The maximum absolute atomic E-state index is 12.9. The van der Waals surface area contributed by atoms with E-state index in [9.17, 15) is 13.2 Å². The number of aromatic nitrogens is 4. The maximum atomic E-state index is 12.9. The van der Waals surface area contributed by atoms with E-state index in [-0.39, 0.29) is 11.8 Å². The molecule has 21 heavy (non-hydrogen) atoms. The molecule has 0 aliphatic heterocycles. The van der Waals surface area contributed by atoms with Gasteiger partial charge < -0.3 is 5.32 Å². The van der Waals surface area contributed by atoms with Crippen molar-refractivity contribution >= 4 is 21.9 Å². The molecular weight excluding hydrogens is 351 g/mol. The Kier molecular flexibility index (Phi) is 4.22. The van der Waals surface area contributed by atoms with Gasteiger partial charge in [0, 0.05) is 12.6 Å². The van der Waals surface area contributed by atoms with Gasteiger partial charge in [-0.15, -0.1) is 0 Å². The Bertz CT molecular complexity index is 666. The number of nitrogens with one attached hydrogen (secondary N) is 1. The Hall–Kier alpha value is -1.64. The van der Waals surface area contributed by atoms with Crippen molar-refractivity contribution in [2.45, 2.75) is 26.9 Å². The number of rotatable bonds is 3. The quantitative estimate of drug-likeness (QED) is 0.906. The van der Waals surface area contributed by atoms with E-state index in [1.54, 1.807) is 20.8 Å². The molecule has 0 fully saturated rings. The third kappa shape index (κ3) is 3.17. The number of nitrogens with zero attached hydrogens (tertiary/aromatic N) is 4. The summed E-state index contributed by atoms with van der Waals surface area (Å²) in [4.78, 5) is 7.56. The van der Waals surface area contributed by atoms with Crippen molar-refractivity contribution in [2.24, 2.45) is 0 Å². The van der Waals surface area contributed by atoms with Crippen molar-refractivity contribution in [3.63, 3.8) is 0 Å². The third-order valence-corrected chi connectivity index (χ3v) is 3.91. The standard InChI is InChI=1S/C12H13BrF3N5/c1-4-17-11-18-8(12(14,15)16)5-9(19-11)21-7(3)10(13)6(2)20-21/h5H,4H2,1-3H3,(H,17,18,19). The second-order valence-corrected chi connectivity index (χ2v) is 5.15. The van der Waals surface area contributed by atoms with Crippen LogP contribution in [0.4, 0.5) is 19.1 Å². The van der Waals surface area contributed by atoms with Crippen LogP contribution in [0.1, 0.15) is 24.0 Å². The maximum Gasteiger partial charge on any atom is 0.433 e. The molecule has 0 atom stereocenters. The van der Waals surface area contributed by atoms with Crippen LogP contribution in [-0.2, 0) is 6.18 Å². The molecule has 9 heteroatoms. The Morgan fingerprint density at radius 3 is 2.43 bits per heavy atom. The van der Waals surface area contributed by atoms with Crippen molar-refractivity contribution in [3.8, 4) is 5.82 Å². The van der Waals surface area contributed by atoms with Gasteiger partial charge in [-0.25, -0.2) is 9.67 Å². The molecule has 0 aliphatic rings. The van der Waals surface area contributed by atoms with E-state index in [2.05, 4.69) is 36.3 Å². The Morgan fingerprint density at radius 2 is 1.95 bits per heavy atom. The predicted molar refractivity (Wildman–Crippen MR) is 75.5 cm³/mol. The summed E-state index contributed by atoms with van der Waals surface area (Å²) in [6.07, 6.45) is -4.55. The number of hydrogen-bond acceptors (Lipinski definition) is 4. The number of halogens is 4. The molecular formula is C12H13BrF3N5. The van der Waals surface area contributed by atoms with Crippen LogP contribution in [0, 0.1) is 13.8 Å². The van der Waals surface area contributed by atoms with Crippen LogP contribution in [0.15, 0.2) is 10.5 Å². The zero-order valence-corrected chi connectivity index (χ0v) is 13.2. The minimum Gasteiger partial charge on any atom is -0.354 e. The average Bonchev–Trinajstić information content (AvgIpc) is 2.66. The van der Waals surface area contributed by atoms with Crippen molar-refractivity contribution in [1.82, 2.24) is 19.7 Å². The van der Waals surface area contributed by atoms with Gasteiger partial charge in [-0.1, -0.05) is 0 Å². The van der Waals surface area contributed by atoms with Gasteiger partial charge in [0.1, 0.15) is 0 Å². The van der Waals surface area contributed by atoms with Gasteiger partial charge in [0.2, 0.25) is 5.95 Å². The molecule has 1 N–H and O–H groups in total. The summed E-state index contributed by atoms with van der Waals surface area (Å²) < 4.78 is 40.9. The highest BCUT2D eigenvalue weighted by Gasteiger charge is 2.34. The second kappa shape index (κ2) is 5.63. The van der Waals surface area contributed by atoms with E-state index >= 15 is 0 Å². The minimum atomic E-state index is -4.55. The molecule has 2 aromatic rings. The number of alkyl halides is 3. The molecule has 0 bridgehead atoms. The van der Waals surface area contributed by atoms with Gasteiger partial charge in [-0.05, 0) is 36.7 Å². The molecule has 0 aromatic carbocycles. The van der Waals surface area contributed by atoms with Crippen molar-refractivity contribution in [2.75, 3.05) is 11.9 Å². The first-order valence-electron chi connectivity index (χ1n) is 6.16. The SMILES string of the molecule is CCNc1nc(-n2nc(C)c(Br)c2C)cc(C(F)(F)F)n1. The van der Waals surface area contributed by atoms with Crippen LogP contribution >= 0.6 is 15.9 Å². The summed E-state index contributed by atoms with van der Waals surface area (Å²) >= 11 is 3.34. The predicted octanol–water partition coefficient (Wildman–Crippen LogP) is 3.49. The Labute approximate surface area is 127 Å². The van der Waals surface area contributed by atoms with E-state index in [4.69, 9.17) is 0 Å². The first kappa shape index (κ1) is 15.7. The number of aryl methyl sites for hydroxylation is 1. The fraction of sp³-hybridized carbons (Fsp3) is 0.417. The molecule has 0 saturated heterocycles. The van der Waals surface area contributed by atoms with E-state index in [0.29, 0.717) is 17.9 Å². The van der Waals surface area contributed by atoms with Crippen LogP contribution in [0.25, 0.3) is 5.82 Å². The van der Waals surface area contributed by atoms with Gasteiger partial charge >= 0.3 is 6.18 Å². The molecule has 0 radical (unpaired) electrons. The molecule has 2 rings (SSSR count). The normalized spacial score (nSPS) is 11.8. The lowest BCUT2D eigenvalue weighted by atomic mass is 10.3. The molecule has 114 valence electrons. The molecule has 0 amide bonds. The summed E-state index contributed by atoms with van der Waals surface area (Å²) in [7, 11) is 0. The highest BCUT2D eigenvalue weighted by Crippen LogP contribution is 2.30. The zero-order valence-electron chi connectivity index (χ0n) is 11.6. The van der Waals surface area contributed by atoms with E-state index in [0.717, 1.165) is 10.5 Å². The van der Waals surface area contributed by atoms with E-state index < -0.39 is 11.9 Å². The average molecular weight is 364 g/mol. The Balaban J connectivity index is 2.62. The summed E-state index contributed by atoms with van der Waals surface area (Å²) in [5.74, 6) is -0.00873. The molecule has 5 nitrogen and oxygen atoms in total. The number of hydrogen-bond donors (Lipinski definition) is 1. The summed E-state index contributed by atoms with van der Waals surface area (Å²) in [5, 5.41) is 6.88. The van der Waals surface area contributed by atoms with Gasteiger partial charge in [-0.3, -0.25) is 0 Å². The van der Waals surface area contributed by atoms with Crippen LogP contribution in [0.3, 0.4) is 0 Å². The minimum absolute atomic E-state index is 0.0691. The van der Waals surface area contributed by atoms with Crippen LogP contribution < -0.4 is 5.32 Å². The summed E-state index contributed by atoms with van der Waals surface area (Å²) in [6.45, 7) is 5.67. The topological polar surface area (TPSA) is 55.6 Å². The first-order valence-corrected chi connectivity index (χ1v) is 6.95. The largest absolute Gasteiger partial charge is 0.433 e. The van der Waals surface area contributed by atoms with Crippen LogP contribution in [0.2, 0.25) is 0 Å². The van der Waals surface area contributed by atoms with Crippen molar-refractivity contribution in [1.29, 1.82) is 0 Å². The highest BCUT2D eigenvalue weighted by atomic mass is 79.9. The smallest absolute Gasteiger partial charge is 0.354 e. The molecule has 0 saturated carbocycles. The lowest BCUT2D eigenvalue weighted by molar-refractivity contribution is -0.141. The molecule has 0 aliphatic carbocycles. The third-order valence-electron chi connectivity index (χ3n) is 2.76. The lowest BCUT2D eigenvalue weighted by Gasteiger charge is -2.11.